The highest BCUT2D eigenvalue weighted by Gasteiger charge is 2.23. The first kappa shape index (κ1) is 23.9. The van der Waals surface area contributed by atoms with Crippen molar-refractivity contribution in [3.8, 4) is 11.3 Å². The number of halogens is 3. The number of hydrogen-bond donors (Lipinski definition) is 1. The lowest BCUT2D eigenvalue weighted by molar-refractivity contribution is 0.0780. The molecule has 4 aromatic rings. The van der Waals surface area contributed by atoms with Gasteiger partial charge in [0, 0.05) is 42.9 Å². The molecule has 34 heavy (non-hydrogen) atoms. The van der Waals surface area contributed by atoms with Crippen LogP contribution in [0.5, 0.6) is 0 Å². The monoisotopic (exact) mass is 498 g/mol. The summed E-state index contributed by atoms with van der Waals surface area (Å²) < 4.78 is 27.8. The molecule has 0 fully saturated rings. The number of imidazole rings is 1. The molecule has 0 bridgehead atoms. The van der Waals surface area contributed by atoms with Gasteiger partial charge in [0.2, 0.25) is 0 Å². The highest BCUT2D eigenvalue weighted by molar-refractivity contribution is 7.98. The first-order valence-electron chi connectivity index (χ1n) is 10.4. The maximum atomic E-state index is 14.3. The number of amides is 1. The molecule has 2 aromatic heterocycles. The quantitative estimate of drug-likeness (QED) is 0.305. The van der Waals surface area contributed by atoms with Crippen molar-refractivity contribution >= 4 is 29.3 Å². The number of rotatable bonds is 7. The largest absolute Gasteiger partial charge is 0.336 e. The summed E-state index contributed by atoms with van der Waals surface area (Å²) in [6.45, 7) is 2.18. The number of pyridine rings is 1. The summed E-state index contributed by atoms with van der Waals surface area (Å²) in [6.07, 6.45) is 3.33. The molecule has 0 saturated carbocycles. The highest BCUT2D eigenvalue weighted by Crippen LogP contribution is 2.32. The Balaban J connectivity index is 1.64. The van der Waals surface area contributed by atoms with Crippen LogP contribution >= 0.6 is 23.4 Å². The average molecular weight is 499 g/mol. The molecule has 0 atom stereocenters. The molecule has 0 aliphatic rings. The van der Waals surface area contributed by atoms with Crippen molar-refractivity contribution in [2.45, 2.75) is 24.4 Å². The molecule has 2 heterocycles. The van der Waals surface area contributed by atoms with E-state index in [1.165, 1.54) is 30.0 Å². The van der Waals surface area contributed by atoms with Crippen LogP contribution < -0.4 is 0 Å². The van der Waals surface area contributed by atoms with Crippen LogP contribution in [0.25, 0.3) is 11.3 Å². The molecule has 0 radical (unpaired) electrons. The number of carbonyl (C=O) groups excluding carboxylic acids is 1. The maximum Gasteiger partial charge on any atom is 0.272 e. The molecule has 5 nitrogen and oxygen atoms in total. The molecule has 0 aliphatic heterocycles. The molecule has 4 rings (SSSR count). The number of thioether (sulfide) groups is 1. The standard InChI is InChI=1S/C25H21ClF2N4OS/c1-15-3-8-20(28)19(21(15)26)14-34-25-30-22(17-4-6-18(27)7-5-17)23(31-25)24(33)32(2)13-16-9-11-29-12-10-16/h3-12H,13-14H2,1-2H3,(H,30,31). The van der Waals surface area contributed by atoms with Crippen molar-refractivity contribution in [2.75, 3.05) is 7.05 Å². The van der Waals surface area contributed by atoms with Gasteiger partial charge in [-0.05, 0) is 60.5 Å². The van der Waals surface area contributed by atoms with Gasteiger partial charge in [0.1, 0.15) is 23.0 Å². The molecular formula is C25H21ClF2N4OS. The van der Waals surface area contributed by atoms with Gasteiger partial charge in [0.25, 0.3) is 5.91 Å². The number of aromatic amines is 1. The van der Waals surface area contributed by atoms with Gasteiger partial charge in [-0.3, -0.25) is 9.78 Å². The minimum absolute atomic E-state index is 0.225. The SMILES string of the molecule is Cc1ccc(F)c(CSc2nc(-c3ccc(F)cc3)c(C(=O)N(C)Cc3ccncc3)[nH]2)c1Cl. The second-order valence-corrected chi connectivity index (χ2v) is 9.08. The molecule has 174 valence electrons. The number of hydrogen-bond acceptors (Lipinski definition) is 4. The Labute approximate surface area is 205 Å². The third kappa shape index (κ3) is 5.29. The summed E-state index contributed by atoms with van der Waals surface area (Å²) in [6, 6.07) is 12.4. The Morgan fingerprint density at radius 2 is 1.79 bits per heavy atom. The van der Waals surface area contributed by atoms with E-state index in [0.29, 0.717) is 33.5 Å². The van der Waals surface area contributed by atoms with Crippen LogP contribution in [0.2, 0.25) is 5.02 Å². The summed E-state index contributed by atoms with van der Waals surface area (Å²) >= 11 is 7.53. The van der Waals surface area contributed by atoms with E-state index in [2.05, 4.69) is 15.0 Å². The third-order valence-electron chi connectivity index (χ3n) is 5.26. The van der Waals surface area contributed by atoms with Gasteiger partial charge in [-0.2, -0.15) is 0 Å². The van der Waals surface area contributed by atoms with Gasteiger partial charge in [0.05, 0.1) is 5.02 Å². The van der Waals surface area contributed by atoms with E-state index in [0.717, 1.165) is 11.1 Å². The van der Waals surface area contributed by atoms with Gasteiger partial charge in [-0.15, -0.1) is 0 Å². The summed E-state index contributed by atoms with van der Waals surface area (Å²) in [5, 5.41) is 0.795. The van der Waals surface area contributed by atoms with E-state index in [4.69, 9.17) is 11.6 Å². The van der Waals surface area contributed by atoms with Crippen LogP contribution in [0.4, 0.5) is 8.78 Å². The minimum atomic E-state index is -0.401. The normalized spacial score (nSPS) is 11.0. The summed E-state index contributed by atoms with van der Waals surface area (Å²) in [5.74, 6) is -0.846. The van der Waals surface area contributed by atoms with Gasteiger partial charge in [0.15, 0.2) is 5.16 Å². The first-order valence-corrected chi connectivity index (χ1v) is 11.8. The number of nitrogens with one attached hydrogen (secondary N) is 1. The second kappa shape index (κ2) is 10.4. The third-order valence-corrected chi connectivity index (χ3v) is 6.69. The van der Waals surface area contributed by atoms with E-state index in [1.54, 1.807) is 42.5 Å². The average Bonchev–Trinajstić information content (AvgIpc) is 3.26. The van der Waals surface area contributed by atoms with E-state index >= 15 is 0 Å². The van der Waals surface area contributed by atoms with Crippen molar-refractivity contribution in [3.05, 3.63) is 100.0 Å². The Morgan fingerprint density at radius 1 is 1.09 bits per heavy atom. The van der Waals surface area contributed by atoms with Crippen molar-refractivity contribution in [1.82, 2.24) is 19.9 Å². The van der Waals surface area contributed by atoms with E-state index in [9.17, 15) is 13.6 Å². The molecule has 2 aromatic carbocycles. The van der Waals surface area contributed by atoms with Crippen molar-refractivity contribution < 1.29 is 13.6 Å². The lowest BCUT2D eigenvalue weighted by atomic mass is 10.1. The van der Waals surface area contributed by atoms with Crippen molar-refractivity contribution in [3.63, 3.8) is 0 Å². The lowest BCUT2D eigenvalue weighted by Gasteiger charge is -2.17. The molecular weight excluding hydrogens is 478 g/mol. The van der Waals surface area contributed by atoms with Gasteiger partial charge in [-0.25, -0.2) is 13.8 Å². The number of H-pyrrole nitrogens is 1. The molecule has 0 aliphatic carbocycles. The molecule has 9 heteroatoms. The summed E-state index contributed by atoms with van der Waals surface area (Å²) in [5.41, 5.74) is 3.32. The number of aryl methyl sites for hydroxylation is 1. The zero-order valence-corrected chi connectivity index (χ0v) is 20.1. The molecule has 1 N–H and O–H groups in total. The molecule has 0 saturated heterocycles. The Morgan fingerprint density at radius 3 is 2.50 bits per heavy atom. The Hall–Kier alpha value is -3.23. The first-order chi connectivity index (χ1) is 16.3. The lowest BCUT2D eigenvalue weighted by Crippen LogP contribution is -2.27. The van der Waals surface area contributed by atoms with Gasteiger partial charge < -0.3 is 9.88 Å². The number of benzene rings is 2. The molecule has 0 spiro atoms. The van der Waals surface area contributed by atoms with Crippen LogP contribution in [-0.4, -0.2) is 32.8 Å². The zero-order chi connectivity index (χ0) is 24.2. The van der Waals surface area contributed by atoms with Crippen LogP contribution in [0.15, 0.2) is 66.1 Å². The van der Waals surface area contributed by atoms with Crippen molar-refractivity contribution in [2.24, 2.45) is 0 Å². The predicted molar refractivity (Wildman–Crippen MR) is 130 cm³/mol. The summed E-state index contributed by atoms with van der Waals surface area (Å²) in [4.78, 5) is 26.5. The summed E-state index contributed by atoms with van der Waals surface area (Å²) in [7, 11) is 1.69. The fourth-order valence-electron chi connectivity index (χ4n) is 3.40. The topological polar surface area (TPSA) is 61.9 Å². The number of aromatic nitrogens is 3. The van der Waals surface area contributed by atoms with Gasteiger partial charge >= 0.3 is 0 Å². The highest BCUT2D eigenvalue weighted by atomic mass is 35.5. The Kier molecular flexibility index (Phi) is 7.29. The van der Waals surface area contributed by atoms with Crippen LogP contribution in [0.3, 0.4) is 0 Å². The minimum Gasteiger partial charge on any atom is -0.336 e. The number of nitrogens with zero attached hydrogens (tertiary/aromatic N) is 3. The Bertz CT molecular complexity index is 1310. The van der Waals surface area contributed by atoms with E-state index in [1.807, 2.05) is 19.1 Å². The smallest absolute Gasteiger partial charge is 0.272 e. The predicted octanol–water partition coefficient (Wildman–Crippen LogP) is 6.28. The molecule has 1 amide bonds. The van der Waals surface area contributed by atoms with Crippen LogP contribution in [0.1, 0.15) is 27.2 Å². The molecule has 0 unspecified atom stereocenters. The van der Waals surface area contributed by atoms with E-state index in [-0.39, 0.29) is 23.2 Å². The van der Waals surface area contributed by atoms with Crippen molar-refractivity contribution in [1.29, 1.82) is 0 Å². The van der Waals surface area contributed by atoms with E-state index < -0.39 is 5.82 Å². The second-order valence-electron chi connectivity index (χ2n) is 7.73. The van der Waals surface area contributed by atoms with Crippen LogP contribution in [0, 0.1) is 18.6 Å². The number of carbonyl (C=O) groups is 1. The fraction of sp³-hybridized carbons (Fsp3) is 0.160. The fourth-order valence-corrected chi connectivity index (χ4v) is 4.60. The zero-order valence-electron chi connectivity index (χ0n) is 18.5. The van der Waals surface area contributed by atoms with Gasteiger partial charge in [-0.1, -0.05) is 29.4 Å². The van der Waals surface area contributed by atoms with Crippen LogP contribution in [-0.2, 0) is 12.3 Å². The maximum absolute atomic E-state index is 14.3.